The molecule has 1 aliphatic rings. The summed E-state index contributed by atoms with van der Waals surface area (Å²) >= 11 is 0. The van der Waals surface area contributed by atoms with Gasteiger partial charge in [-0.15, -0.1) is 5.10 Å². The summed E-state index contributed by atoms with van der Waals surface area (Å²) < 4.78 is 2.86. The molecule has 0 radical (unpaired) electrons. The fraction of sp³-hybridized carbons (Fsp3) is 0.533. The Labute approximate surface area is 128 Å². The summed E-state index contributed by atoms with van der Waals surface area (Å²) in [5, 5.41) is 7.38. The second kappa shape index (κ2) is 6.31. The molecule has 7 nitrogen and oxygen atoms in total. The lowest BCUT2D eigenvalue weighted by Gasteiger charge is -2.24. The summed E-state index contributed by atoms with van der Waals surface area (Å²) in [6, 6.07) is 5.68. The van der Waals surface area contributed by atoms with Crippen LogP contribution in [0.5, 0.6) is 0 Å². The minimum absolute atomic E-state index is 0.0988. The van der Waals surface area contributed by atoms with Gasteiger partial charge in [-0.05, 0) is 32.0 Å². The minimum atomic E-state index is -0.198. The van der Waals surface area contributed by atoms with E-state index in [0.717, 1.165) is 25.9 Å². The van der Waals surface area contributed by atoms with E-state index >= 15 is 0 Å². The average molecular weight is 303 g/mol. The van der Waals surface area contributed by atoms with E-state index in [1.165, 1.54) is 9.08 Å². The summed E-state index contributed by atoms with van der Waals surface area (Å²) in [5.41, 5.74) is 0.408. The third kappa shape index (κ3) is 2.76. The fourth-order valence-electron chi connectivity index (χ4n) is 3.07. The van der Waals surface area contributed by atoms with Crippen LogP contribution in [0.3, 0.4) is 0 Å². The molecule has 0 bridgehead atoms. The van der Waals surface area contributed by atoms with Crippen LogP contribution in [0.2, 0.25) is 0 Å². The molecule has 1 amide bonds. The Hall–Kier alpha value is -2.15. The molecule has 22 heavy (non-hydrogen) atoms. The molecule has 1 atom stereocenters. The molecule has 0 aliphatic carbocycles. The third-order valence-corrected chi connectivity index (χ3v) is 4.16. The van der Waals surface area contributed by atoms with Gasteiger partial charge in [0, 0.05) is 31.7 Å². The standard InChI is InChI=1S/C15H21N5O2/c1-16-11-12-5-4-9-18(12)14(21)7-10-20-15(22)19-8-3-2-6-13(19)17-20/h2-3,6,8,12,16H,4-5,7,9-11H2,1H3/t12-/m0/s1. The van der Waals surface area contributed by atoms with Crippen LogP contribution in [0.25, 0.3) is 5.65 Å². The van der Waals surface area contributed by atoms with Crippen LogP contribution in [0, 0.1) is 0 Å². The number of rotatable bonds is 5. The van der Waals surface area contributed by atoms with Crippen molar-refractivity contribution in [2.24, 2.45) is 0 Å². The molecule has 118 valence electrons. The third-order valence-electron chi connectivity index (χ3n) is 4.16. The molecule has 0 spiro atoms. The molecule has 7 heteroatoms. The van der Waals surface area contributed by atoms with Crippen molar-refractivity contribution in [3.05, 3.63) is 34.9 Å². The minimum Gasteiger partial charge on any atom is -0.338 e. The molecule has 1 N–H and O–H groups in total. The van der Waals surface area contributed by atoms with E-state index in [-0.39, 0.29) is 17.6 Å². The maximum absolute atomic E-state index is 12.4. The number of aromatic nitrogens is 3. The van der Waals surface area contributed by atoms with E-state index in [2.05, 4.69) is 10.4 Å². The van der Waals surface area contributed by atoms with Gasteiger partial charge >= 0.3 is 5.69 Å². The van der Waals surface area contributed by atoms with E-state index in [4.69, 9.17) is 0 Å². The predicted octanol–water partition coefficient (Wildman–Crippen LogP) is 0.0965. The lowest BCUT2D eigenvalue weighted by Crippen LogP contribution is -2.41. The topological polar surface area (TPSA) is 71.6 Å². The number of hydrogen-bond acceptors (Lipinski definition) is 4. The van der Waals surface area contributed by atoms with Crippen molar-refractivity contribution in [2.75, 3.05) is 20.1 Å². The van der Waals surface area contributed by atoms with E-state index in [0.29, 0.717) is 18.6 Å². The quantitative estimate of drug-likeness (QED) is 0.850. The van der Waals surface area contributed by atoms with Crippen LogP contribution in [-0.4, -0.2) is 51.2 Å². The first kappa shape index (κ1) is 14.8. The highest BCUT2D eigenvalue weighted by Crippen LogP contribution is 2.17. The van der Waals surface area contributed by atoms with E-state index in [1.54, 1.807) is 18.3 Å². The van der Waals surface area contributed by atoms with Crippen molar-refractivity contribution in [1.29, 1.82) is 0 Å². The van der Waals surface area contributed by atoms with Gasteiger partial charge in [0.1, 0.15) is 0 Å². The Kier molecular flexibility index (Phi) is 4.24. The second-order valence-corrected chi connectivity index (χ2v) is 5.63. The zero-order valence-corrected chi connectivity index (χ0v) is 12.7. The van der Waals surface area contributed by atoms with Crippen LogP contribution in [0.4, 0.5) is 0 Å². The van der Waals surface area contributed by atoms with Gasteiger partial charge in [0.25, 0.3) is 0 Å². The number of hydrogen-bond donors (Lipinski definition) is 1. The number of likely N-dealkylation sites (N-methyl/N-ethyl adjacent to an activating group) is 1. The summed E-state index contributed by atoms with van der Waals surface area (Å²) in [5.74, 6) is 0.0988. The molecule has 3 heterocycles. The number of nitrogens with one attached hydrogen (secondary N) is 1. The number of carbonyl (C=O) groups is 1. The number of pyridine rings is 1. The summed E-state index contributed by atoms with van der Waals surface area (Å²) in [4.78, 5) is 26.5. The molecule has 2 aromatic heterocycles. The number of nitrogens with zero attached hydrogens (tertiary/aromatic N) is 4. The first-order chi connectivity index (χ1) is 10.7. The van der Waals surface area contributed by atoms with Crippen LogP contribution in [0.1, 0.15) is 19.3 Å². The van der Waals surface area contributed by atoms with Crippen LogP contribution >= 0.6 is 0 Å². The Morgan fingerprint density at radius 1 is 1.45 bits per heavy atom. The molecule has 0 unspecified atom stereocenters. The molecule has 0 saturated carbocycles. The molecule has 1 saturated heterocycles. The Balaban J connectivity index is 1.67. The van der Waals surface area contributed by atoms with Gasteiger partial charge in [0.2, 0.25) is 5.91 Å². The van der Waals surface area contributed by atoms with Crippen molar-refractivity contribution < 1.29 is 4.79 Å². The first-order valence-electron chi connectivity index (χ1n) is 7.69. The maximum Gasteiger partial charge on any atom is 0.350 e. The summed E-state index contributed by atoms with van der Waals surface area (Å²) in [6.07, 6.45) is 4.09. The first-order valence-corrected chi connectivity index (χ1v) is 7.69. The van der Waals surface area contributed by atoms with Crippen LogP contribution < -0.4 is 11.0 Å². The number of amides is 1. The van der Waals surface area contributed by atoms with Crippen LogP contribution in [0.15, 0.2) is 29.2 Å². The molecule has 3 rings (SSSR count). The summed E-state index contributed by atoms with van der Waals surface area (Å²) in [6.45, 7) is 1.95. The van der Waals surface area contributed by atoms with Gasteiger partial charge in [0.05, 0.1) is 6.54 Å². The lowest BCUT2D eigenvalue weighted by molar-refractivity contribution is -0.132. The van der Waals surface area contributed by atoms with Gasteiger partial charge in [-0.1, -0.05) is 6.07 Å². The fourth-order valence-corrected chi connectivity index (χ4v) is 3.07. The number of carbonyl (C=O) groups excluding carboxylic acids is 1. The van der Waals surface area contributed by atoms with Gasteiger partial charge in [-0.25, -0.2) is 9.48 Å². The van der Waals surface area contributed by atoms with Gasteiger partial charge < -0.3 is 10.2 Å². The molecule has 0 aromatic carbocycles. The van der Waals surface area contributed by atoms with Gasteiger partial charge in [-0.3, -0.25) is 9.20 Å². The molecular weight excluding hydrogens is 282 g/mol. The van der Waals surface area contributed by atoms with Gasteiger partial charge in [0.15, 0.2) is 5.65 Å². The maximum atomic E-state index is 12.4. The van der Waals surface area contributed by atoms with Crippen molar-refractivity contribution in [1.82, 2.24) is 24.4 Å². The zero-order chi connectivity index (χ0) is 15.5. The van der Waals surface area contributed by atoms with Crippen molar-refractivity contribution in [2.45, 2.75) is 31.8 Å². The van der Waals surface area contributed by atoms with E-state index in [1.807, 2.05) is 18.0 Å². The average Bonchev–Trinajstić information content (AvgIpc) is 3.11. The monoisotopic (exact) mass is 303 g/mol. The van der Waals surface area contributed by atoms with Crippen molar-refractivity contribution in [3.63, 3.8) is 0 Å². The highest BCUT2D eigenvalue weighted by atomic mass is 16.2. The van der Waals surface area contributed by atoms with Crippen LogP contribution in [-0.2, 0) is 11.3 Å². The molecule has 1 aliphatic heterocycles. The Bertz CT molecular complexity index is 720. The van der Waals surface area contributed by atoms with E-state index < -0.39 is 0 Å². The normalized spacial score (nSPS) is 18.2. The summed E-state index contributed by atoms with van der Waals surface area (Å²) in [7, 11) is 1.90. The second-order valence-electron chi connectivity index (χ2n) is 5.63. The highest BCUT2D eigenvalue weighted by molar-refractivity contribution is 5.76. The predicted molar refractivity (Wildman–Crippen MR) is 82.7 cm³/mol. The molecular formula is C15H21N5O2. The molecule has 2 aromatic rings. The number of fused-ring (bicyclic) bond motifs is 1. The number of aryl methyl sites for hydroxylation is 1. The van der Waals surface area contributed by atoms with Gasteiger partial charge in [-0.2, -0.15) is 0 Å². The smallest absolute Gasteiger partial charge is 0.338 e. The SMILES string of the molecule is CNC[C@@H]1CCCN1C(=O)CCn1nc2ccccn2c1=O. The Morgan fingerprint density at radius 3 is 3.09 bits per heavy atom. The largest absolute Gasteiger partial charge is 0.350 e. The Morgan fingerprint density at radius 2 is 2.32 bits per heavy atom. The van der Waals surface area contributed by atoms with Crippen molar-refractivity contribution >= 4 is 11.6 Å². The highest BCUT2D eigenvalue weighted by Gasteiger charge is 2.27. The van der Waals surface area contributed by atoms with Crippen molar-refractivity contribution in [3.8, 4) is 0 Å². The number of likely N-dealkylation sites (tertiary alicyclic amines) is 1. The zero-order valence-electron chi connectivity index (χ0n) is 12.7. The lowest BCUT2D eigenvalue weighted by atomic mass is 10.2. The van der Waals surface area contributed by atoms with E-state index in [9.17, 15) is 9.59 Å². The molecule has 1 fully saturated rings.